The van der Waals surface area contributed by atoms with Gasteiger partial charge in [-0.3, -0.25) is 14.5 Å². The van der Waals surface area contributed by atoms with Crippen molar-refractivity contribution in [2.75, 3.05) is 19.6 Å². The molecule has 22 heavy (non-hydrogen) atoms. The number of carbonyl (C=O) groups is 2. The molecule has 2 N–H and O–H groups in total. The third-order valence-electron chi connectivity index (χ3n) is 5.03. The normalized spacial score (nSPS) is 19.6. The Morgan fingerprint density at radius 2 is 1.77 bits per heavy atom. The summed E-state index contributed by atoms with van der Waals surface area (Å²) in [5.41, 5.74) is 8.94. The molecule has 1 amide bonds. The smallest absolute Gasteiger partial charge is 0.220 e. The number of piperidine rings is 1. The number of carbonyl (C=O) groups excluding carboxylic acids is 2. The van der Waals surface area contributed by atoms with Crippen molar-refractivity contribution in [3.05, 3.63) is 34.9 Å². The lowest BCUT2D eigenvalue weighted by molar-refractivity contribution is -0.123. The summed E-state index contributed by atoms with van der Waals surface area (Å²) in [6.07, 6.45) is 6.27. The quantitative estimate of drug-likeness (QED) is 0.864. The summed E-state index contributed by atoms with van der Waals surface area (Å²) in [6, 6.07) is 6.19. The van der Waals surface area contributed by atoms with E-state index in [9.17, 15) is 9.59 Å². The van der Waals surface area contributed by atoms with Crippen LogP contribution in [0.4, 0.5) is 0 Å². The van der Waals surface area contributed by atoms with Crippen molar-refractivity contribution in [1.82, 2.24) is 4.90 Å². The fourth-order valence-corrected chi connectivity index (χ4v) is 3.58. The summed E-state index contributed by atoms with van der Waals surface area (Å²) in [7, 11) is 0. The van der Waals surface area contributed by atoms with Crippen LogP contribution in [0.15, 0.2) is 18.2 Å². The maximum Gasteiger partial charge on any atom is 0.220 e. The highest BCUT2D eigenvalue weighted by molar-refractivity contribution is 5.97. The summed E-state index contributed by atoms with van der Waals surface area (Å²) in [5, 5.41) is 0. The van der Waals surface area contributed by atoms with E-state index in [1.54, 1.807) is 0 Å². The van der Waals surface area contributed by atoms with Gasteiger partial charge in [-0.05, 0) is 68.8 Å². The molecule has 1 aliphatic carbocycles. The minimum absolute atomic E-state index is 0.0184. The van der Waals surface area contributed by atoms with Gasteiger partial charge in [-0.1, -0.05) is 12.1 Å². The lowest BCUT2D eigenvalue weighted by Crippen LogP contribution is -2.40. The Labute approximate surface area is 131 Å². The molecule has 3 rings (SSSR count). The molecule has 0 atom stereocenters. The minimum Gasteiger partial charge on any atom is -0.369 e. The second kappa shape index (κ2) is 6.61. The Bertz CT molecular complexity index is 574. The first-order chi connectivity index (χ1) is 10.6. The molecule has 0 bridgehead atoms. The van der Waals surface area contributed by atoms with Crippen LogP contribution < -0.4 is 5.73 Å². The van der Waals surface area contributed by atoms with Crippen LogP contribution in [-0.4, -0.2) is 36.2 Å². The topological polar surface area (TPSA) is 63.4 Å². The number of ketones is 1. The molecule has 0 aromatic heterocycles. The number of primary amides is 1. The summed E-state index contributed by atoms with van der Waals surface area (Å²) in [5.74, 6) is -0.0401. The third kappa shape index (κ3) is 3.38. The van der Waals surface area contributed by atoms with Gasteiger partial charge < -0.3 is 5.73 Å². The summed E-state index contributed by atoms with van der Waals surface area (Å²) in [6.45, 7) is 2.01. The van der Waals surface area contributed by atoms with Crippen molar-refractivity contribution in [3.8, 4) is 0 Å². The predicted molar refractivity (Wildman–Crippen MR) is 85.8 cm³/mol. The number of nitrogens with two attached hydrogens (primary N) is 1. The van der Waals surface area contributed by atoms with E-state index in [4.69, 9.17) is 5.73 Å². The predicted octanol–water partition coefficient (Wildman–Crippen LogP) is 1.95. The van der Waals surface area contributed by atoms with E-state index in [0.29, 0.717) is 6.54 Å². The van der Waals surface area contributed by atoms with Crippen LogP contribution in [0.25, 0.3) is 0 Å². The Hall–Kier alpha value is -1.68. The number of nitrogens with zero attached hydrogens (tertiary/aromatic N) is 1. The zero-order valence-corrected chi connectivity index (χ0v) is 13.0. The molecule has 1 aromatic rings. The summed E-state index contributed by atoms with van der Waals surface area (Å²) >= 11 is 0. The molecule has 0 saturated carbocycles. The molecule has 1 saturated heterocycles. The van der Waals surface area contributed by atoms with Gasteiger partial charge in [-0.25, -0.2) is 0 Å². The van der Waals surface area contributed by atoms with Crippen LogP contribution in [-0.2, 0) is 17.6 Å². The average Bonchev–Trinajstić information content (AvgIpc) is 2.55. The van der Waals surface area contributed by atoms with Crippen molar-refractivity contribution < 1.29 is 9.59 Å². The number of fused-ring (bicyclic) bond motifs is 1. The zero-order chi connectivity index (χ0) is 15.5. The van der Waals surface area contributed by atoms with Gasteiger partial charge >= 0.3 is 0 Å². The first kappa shape index (κ1) is 15.2. The molecule has 0 unspecified atom stereocenters. The first-order valence-electron chi connectivity index (χ1n) is 8.30. The number of amides is 1. The molecule has 1 aliphatic heterocycles. The molecule has 4 nitrogen and oxygen atoms in total. The zero-order valence-electron chi connectivity index (χ0n) is 13.0. The van der Waals surface area contributed by atoms with Crippen LogP contribution in [0.3, 0.4) is 0 Å². The number of rotatable bonds is 4. The summed E-state index contributed by atoms with van der Waals surface area (Å²) in [4.78, 5) is 25.8. The number of likely N-dealkylation sites (tertiary alicyclic amines) is 1. The Morgan fingerprint density at radius 1 is 1.09 bits per heavy atom. The monoisotopic (exact) mass is 300 g/mol. The first-order valence-corrected chi connectivity index (χ1v) is 8.30. The van der Waals surface area contributed by atoms with Gasteiger partial charge in [0.1, 0.15) is 0 Å². The molecule has 0 radical (unpaired) electrons. The van der Waals surface area contributed by atoms with Gasteiger partial charge in [0, 0.05) is 11.5 Å². The van der Waals surface area contributed by atoms with Crippen molar-refractivity contribution >= 4 is 11.7 Å². The second-order valence-corrected chi connectivity index (χ2v) is 6.57. The van der Waals surface area contributed by atoms with Gasteiger partial charge in [0.05, 0.1) is 6.54 Å². The lowest BCUT2D eigenvalue weighted by Gasteiger charge is -2.29. The van der Waals surface area contributed by atoms with Crippen molar-refractivity contribution in [2.24, 2.45) is 11.7 Å². The number of benzene rings is 1. The van der Waals surface area contributed by atoms with Crippen molar-refractivity contribution in [3.63, 3.8) is 0 Å². The van der Waals surface area contributed by atoms with Gasteiger partial charge in [0.25, 0.3) is 0 Å². The molecular formula is C18H24N2O2. The number of aryl methyl sites for hydroxylation is 2. The van der Waals surface area contributed by atoms with E-state index >= 15 is 0 Å². The third-order valence-corrected chi connectivity index (χ3v) is 5.03. The van der Waals surface area contributed by atoms with Crippen LogP contribution in [0.5, 0.6) is 0 Å². The van der Waals surface area contributed by atoms with Gasteiger partial charge in [-0.2, -0.15) is 0 Å². The van der Waals surface area contributed by atoms with Crippen LogP contribution in [0.2, 0.25) is 0 Å². The minimum atomic E-state index is -0.208. The van der Waals surface area contributed by atoms with E-state index in [2.05, 4.69) is 17.0 Å². The molecular weight excluding hydrogens is 276 g/mol. The maximum absolute atomic E-state index is 12.5. The largest absolute Gasteiger partial charge is 0.369 e. The molecule has 4 heteroatoms. The highest BCUT2D eigenvalue weighted by Gasteiger charge is 2.24. The lowest BCUT2D eigenvalue weighted by atomic mass is 9.89. The van der Waals surface area contributed by atoms with Gasteiger partial charge in [0.15, 0.2) is 5.78 Å². The van der Waals surface area contributed by atoms with Crippen molar-refractivity contribution in [1.29, 1.82) is 0 Å². The number of hydrogen-bond donors (Lipinski definition) is 1. The molecule has 1 heterocycles. The molecule has 0 spiro atoms. The van der Waals surface area contributed by atoms with Gasteiger partial charge in [0.2, 0.25) is 5.91 Å². The standard InChI is InChI=1S/C18H24N2O2/c19-18(22)14-7-9-20(10-8-14)12-17(21)16-6-5-13-3-1-2-4-15(13)11-16/h5-6,11,14H,1-4,7-10,12H2,(H2,19,22). The highest BCUT2D eigenvalue weighted by atomic mass is 16.1. The Morgan fingerprint density at radius 3 is 2.45 bits per heavy atom. The van der Waals surface area contributed by atoms with Crippen LogP contribution >= 0.6 is 0 Å². The van der Waals surface area contributed by atoms with Crippen molar-refractivity contribution in [2.45, 2.75) is 38.5 Å². The van der Waals surface area contributed by atoms with E-state index in [0.717, 1.165) is 44.3 Å². The molecule has 118 valence electrons. The molecule has 1 fully saturated rings. The molecule has 1 aromatic carbocycles. The van der Waals surface area contributed by atoms with E-state index < -0.39 is 0 Å². The highest BCUT2D eigenvalue weighted by Crippen LogP contribution is 2.23. The number of hydrogen-bond acceptors (Lipinski definition) is 3. The Kier molecular flexibility index (Phi) is 4.57. The van der Waals surface area contributed by atoms with E-state index in [1.165, 1.54) is 24.0 Å². The second-order valence-electron chi connectivity index (χ2n) is 6.57. The van der Waals surface area contributed by atoms with Crippen LogP contribution in [0, 0.1) is 5.92 Å². The maximum atomic E-state index is 12.5. The summed E-state index contributed by atoms with van der Waals surface area (Å²) < 4.78 is 0. The average molecular weight is 300 g/mol. The van der Waals surface area contributed by atoms with Crippen LogP contribution in [0.1, 0.15) is 47.2 Å². The fourth-order valence-electron chi connectivity index (χ4n) is 3.58. The SMILES string of the molecule is NC(=O)C1CCN(CC(=O)c2ccc3c(c2)CCCC3)CC1. The Balaban J connectivity index is 1.59. The van der Waals surface area contributed by atoms with E-state index in [1.807, 2.05) is 6.07 Å². The van der Waals surface area contributed by atoms with Gasteiger partial charge in [-0.15, -0.1) is 0 Å². The molecule has 2 aliphatic rings. The van der Waals surface area contributed by atoms with E-state index in [-0.39, 0.29) is 17.6 Å². The fraction of sp³-hybridized carbons (Fsp3) is 0.556. The number of Topliss-reactive ketones (excluding diaryl/α,β-unsaturated/α-hetero) is 1.